The number of hydrogen-bond acceptors (Lipinski definition) is 1. The van der Waals surface area contributed by atoms with E-state index in [1.54, 1.807) is 0 Å². The lowest BCUT2D eigenvalue weighted by atomic mass is 9.88. The molecule has 0 aliphatic heterocycles. The highest BCUT2D eigenvalue weighted by Gasteiger charge is 2.30. The lowest BCUT2D eigenvalue weighted by Crippen LogP contribution is -1.99. The largest absolute Gasteiger partial charge is 0.309 e. The van der Waals surface area contributed by atoms with Gasteiger partial charge in [-0.05, 0) is 91.9 Å². The van der Waals surface area contributed by atoms with Crippen LogP contribution in [0.15, 0.2) is 194 Å². The monoisotopic (exact) mass is 715 g/mol. The number of aromatic nitrogens is 1. The minimum absolute atomic E-state index is 0.201. The quantitative estimate of drug-likeness (QED) is 0.171. The number of fused-ring (bicyclic) bond motifs is 11. The van der Waals surface area contributed by atoms with E-state index in [-0.39, 0.29) is 5.92 Å². The van der Waals surface area contributed by atoms with Crippen LogP contribution in [0.1, 0.15) is 22.6 Å². The number of thiophene rings is 1. The lowest BCUT2D eigenvalue weighted by molar-refractivity contribution is 1.02. The van der Waals surface area contributed by atoms with Gasteiger partial charge in [-0.25, -0.2) is 0 Å². The summed E-state index contributed by atoms with van der Waals surface area (Å²) in [5.74, 6) is 0.201. The SMILES string of the molecule is c1ccc(-c2ccc(C3c4ccccc4-c4cc(-c5ccc6c(c5)c5c7sc8ccccc8c7ccc5n6-c5cccc6ccccc56)ccc43)cc2)cc1. The summed E-state index contributed by atoms with van der Waals surface area (Å²) in [7, 11) is 0. The van der Waals surface area contributed by atoms with Gasteiger partial charge in [0.15, 0.2) is 0 Å². The van der Waals surface area contributed by atoms with Gasteiger partial charge >= 0.3 is 0 Å². The molecule has 0 spiro atoms. The molecule has 1 nitrogen and oxygen atoms in total. The number of hydrogen-bond donors (Lipinski definition) is 0. The van der Waals surface area contributed by atoms with E-state index < -0.39 is 0 Å². The molecule has 0 N–H and O–H groups in total. The van der Waals surface area contributed by atoms with Crippen LogP contribution >= 0.6 is 11.3 Å². The van der Waals surface area contributed by atoms with Crippen LogP contribution < -0.4 is 0 Å². The molecule has 0 fully saturated rings. The maximum Gasteiger partial charge on any atom is 0.0556 e. The zero-order valence-corrected chi connectivity index (χ0v) is 30.7. The van der Waals surface area contributed by atoms with Crippen molar-refractivity contribution in [1.82, 2.24) is 4.57 Å². The Morgan fingerprint density at radius 2 is 1.07 bits per heavy atom. The molecule has 12 rings (SSSR count). The summed E-state index contributed by atoms with van der Waals surface area (Å²) >= 11 is 1.91. The normalized spacial score (nSPS) is 13.6. The molecule has 55 heavy (non-hydrogen) atoms. The third-order valence-corrected chi connectivity index (χ3v) is 13.1. The third-order valence-electron chi connectivity index (χ3n) is 11.9. The van der Waals surface area contributed by atoms with Crippen LogP contribution in [0, 0.1) is 0 Å². The van der Waals surface area contributed by atoms with Crippen LogP contribution in [-0.4, -0.2) is 4.57 Å². The second-order valence-corrected chi connectivity index (χ2v) is 15.9. The van der Waals surface area contributed by atoms with Gasteiger partial charge in [0.1, 0.15) is 0 Å². The molecule has 0 amide bonds. The molecule has 1 aliphatic rings. The van der Waals surface area contributed by atoms with E-state index in [1.807, 2.05) is 11.3 Å². The van der Waals surface area contributed by atoms with Crippen LogP contribution in [-0.2, 0) is 0 Å². The molecular formula is C53H33NS. The molecule has 2 heterocycles. The number of rotatable bonds is 4. The van der Waals surface area contributed by atoms with Gasteiger partial charge in [-0.2, -0.15) is 0 Å². The second-order valence-electron chi connectivity index (χ2n) is 14.8. The van der Waals surface area contributed by atoms with Crippen molar-refractivity contribution in [2.45, 2.75) is 5.92 Å². The molecule has 1 atom stereocenters. The van der Waals surface area contributed by atoms with Gasteiger partial charge in [0, 0.05) is 42.2 Å². The van der Waals surface area contributed by atoms with Gasteiger partial charge < -0.3 is 4.57 Å². The molecule has 9 aromatic carbocycles. The van der Waals surface area contributed by atoms with Crippen molar-refractivity contribution in [2.75, 3.05) is 0 Å². The van der Waals surface area contributed by atoms with Gasteiger partial charge in [0.25, 0.3) is 0 Å². The zero-order chi connectivity index (χ0) is 36.0. The van der Waals surface area contributed by atoms with Crippen molar-refractivity contribution in [1.29, 1.82) is 0 Å². The second kappa shape index (κ2) is 11.9. The van der Waals surface area contributed by atoms with Crippen LogP contribution in [0.3, 0.4) is 0 Å². The van der Waals surface area contributed by atoms with Crippen LogP contribution in [0.5, 0.6) is 0 Å². The van der Waals surface area contributed by atoms with E-state index in [0.29, 0.717) is 0 Å². The average Bonchev–Trinajstić information content (AvgIpc) is 3.91. The van der Waals surface area contributed by atoms with Crippen LogP contribution in [0.25, 0.3) is 91.8 Å². The first kappa shape index (κ1) is 30.7. The molecule has 2 heteroatoms. The number of nitrogens with zero attached hydrogens (tertiary/aromatic N) is 1. The minimum atomic E-state index is 0.201. The first-order valence-corrected chi connectivity index (χ1v) is 19.9. The minimum Gasteiger partial charge on any atom is -0.309 e. The molecule has 1 aliphatic carbocycles. The third kappa shape index (κ3) is 4.59. The molecule has 0 saturated carbocycles. The molecular weight excluding hydrogens is 683 g/mol. The predicted molar refractivity (Wildman–Crippen MR) is 235 cm³/mol. The van der Waals surface area contributed by atoms with E-state index >= 15 is 0 Å². The Hall–Kier alpha value is -6.74. The van der Waals surface area contributed by atoms with Gasteiger partial charge in [-0.3, -0.25) is 0 Å². The van der Waals surface area contributed by atoms with Crippen molar-refractivity contribution in [2.24, 2.45) is 0 Å². The summed E-state index contributed by atoms with van der Waals surface area (Å²) in [6.07, 6.45) is 0. The Balaban J connectivity index is 1.05. The predicted octanol–water partition coefficient (Wildman–Crippen LogP) is 14.8. The summed E-state index contributed by atoms with van der Waals surface area (Å²) in [5, 5.41) is 7.77. The van der Waals surface area contributed by atoms with Crippen molar-refractivity contribution >= 4 is 64.1 Å². The van der Waals surface area contributed by atoms with E-state index in [1.165, 1.54) is 109 Å². The topological polar surface area (TPSA) is 4.93 Å². The van der Waals surface area contributed by atoms with Crippen molar-refractivity contribution in [3.63, 3.8) is 0 Å². The fourth-order valence-corrected chi connectivity index (χ4v) is 10.6. The first-order valence-electron chi connectivity index (χ1n) is 19.0. The van der Waals surface area contributed by atoms with E-state index in [9.17, 15) is 0 Å². The Labute approximate surface area is 323 Å². The molecule has 0 radical (unpaired) electrons. The molecule has 0 saturated heterocycles. The average molecular weight is 716 g/mol. The fourth-order valence-electron chi connectivity index (χ4n) is 9.37. The zero-order valence-electron chi connectivity index (χ0n) is 29.9. The fraction of sp³-hybridized carbons (Fsp3) is 0.0189. The van der Waals surface area contributed by atoms with Gasteiger partial charge in [-0.15, -0.1) is 11.3 Å². The van der Waals surface area contributed by atoms with Crippen molar-refractivity contribution < 1.29 is 0 Å². The maximum atomic E-state index is 2.49. The standard InChI is InChI=1S/C53H33NS/c1-2-11-33(12-3-1)34-21-23-36(24-22-34)51-42-18-7-6-16-40(42)45-31-37(25-27-43(45)51)38-26-29-48-46(32-38)52-49(30-28-44-41-17-8-9-20-50(41)55-53(44)52)54(48)47-19-10-14-35-13-4-5-15-39(35)47/h1-32,51H. The molecule has 11 aromatic rings. The maximum absolute atomic E-state index is 2.49. The van der Waals surface area contributed by atoms with E-state index in [4.69, 9.17) is 0 Å². The van der Waals surface area contributed by atoms with Crippen molar-refractivity contribution in [3.05, 3.63) is 211 Å². The Morgan fingerprint density at radius 3 is 1.98 bits per heavy atom. The summed E-state index contributed by atoms with van der Waals surface area (Å²) in [6, 6.07) is 72.1. The smallest absolute Gasteiger partial charge is 0.0556 e. The summed E-state index contributed by atoms with van der Waals surface area (Å²) in [6.45, 7) is 0. The summed E-state index contributed by atoms with van der Waals surface area (Å²) in [4.78, 5) is 0. The Morgan fingerprint density at radius 1 is 0.400 bits per heavy atom. The van der Waals surface area contributed by atoms with Gasteiger partial charge in [0.05, 0.1) is 16.7 Å². The highest BCUT2D eigenvalue weighted by Crippen LogP contribution is 2.50. The summed E-state index contributed by atoms with van der Waals surface area (Å²) in [5.41, 5.74) is 15.4. The molecule has 0 bridgehead atoms. The molecule has 1 unspecified atom stereocenters. The van der Waals surface area contributed by atoms with E-state index in [2.05, 4.69) is 199 Å². The Bertz CT molecular complexity index is 3300. The highest BCUT2D eigenvalue weighted by molar-refractivity contribution is 7.26. The van der Waals surface area contributed by atoms with Crippen molar-refractivity contribution in [3.8, 4) is 39.1 Å². The van der Waals surface area contributed by atoms with E-state index in [0.717, 1.165) is 0 Å². The number of benzene rings is 9. The first-order chi connectivity index (χ1) is 27.3. The highest BCUT2D eigenvalue weighted by atomic mass is 32.1. The lowest BCUT2D eigenvalue weighted by Gasteiger charge is -2.15. The molecule has 2 aromatic heterocycles. The summed E-state index contributed by atoms with van der Waals surface area (Å²) < 4.78 is 5.17. The van der Waals surface area contributed by atoms with Gasteiger partial charge in [-0.1, -0.05) is 158 Å². The molecule has 256 valence electrons. The van der Waals surface area contributed by atoms with Crippen LogP contribution in [0.2, 0.25) is 0 Å². The van der Waals surface area contributed by atoms with Crippen LogP contribution in [0.4, 0.5) is 0 Å². The van der Waals surface area contributed by atoms with Gasteiger partial charge in [0.2, 0.25) is 0 Å². The Kier molecular flexibility index (Phi) is 6.63.